The van der Waals surface area contributed by atoms with Crippen LogP contribution in [0.3, 0.4) is 0 Å². The highest BCUT2D eigenvalue weighted by Gasteiger charge is 2.01. The molecular weight excluding hydrogens is 240 g/mol. The molecule has 0 amide bonds. The van der Waals surface area contributed by atoms with Crippen molar-refractivity contribution in [3.63, 3.8) is 0 Å². The second kappa shape index (κ2) is 4.97. The summed E-state index contributed by atoms with van der Waals surface area (Å²) in [6.07, 6.45) is 0. The highest BCUT2D eigenvalue weighted by molar-refractivity contribution is 6.30. The second-order valence-corrected chi connectivity index (χ2v) is 4.01. The number of hydrogen-bond donors (Lipinski definition) is 2. The van der Waals surface area contributed by atoms with E-state index in [-0.39, 0.29) is 11.5 Å². The Balaban J connectivity index is 2.05. The third kappa shape index (κ3) is 3.04. The number of aromatic hydroxyl groups is 2. The first-order valence-electron chi connectivity index (χ1n) is 5.04. The summed E-state index contributed by atoms with van der Waals surface area (Å²) in [5.41, 5.74) is 0.764. The van der Waals surface area contributed by atoms with Crippen molar-refractivity contribution < 1.29 is 14.9 Å². The van der Waals surface area contributed by atoms with Crippen molar-refractivity contribution in [1.29, 1.82) is 0 Å². The number of benzene rings is 2. The standard InChI is InChI=1S/C13H11ClO3/c14-10-2-1-3-11(7-10)17-8-9-4-5-12(15)13(16)6-9/h1-7,15-16H,8H2. The van der Waals surface area contributed by atoms with Gasteiger partial charge >= 0.3 is 0 Å². The summed E-state index contributed by atoms with van der Waals surface area (Å²) in [5, 5.41) is 19.1. The minimum absolute atomic E-state index is 0.142. The largest absolute Gasteiger partial charge is 0.504 e. The molecule has 2 aromatic carbocycles. The van der Waals surface area contributed by atoms with Gasteiger partial charge in [-0.05, 0) is 35.9 Å². The average Bonchev–Trinajstić information content (AvgIpc) is 2.31. The van der Waals surface area contributed by atoms with Gasteiger partial charge in [-0.3, -0.25) is 0 Å². The number of rotatable bonds is 3. The Morgan fingerprint density at radius 2 is 1.82 bits per heavy atom. The van der Waals surface area contributed by atoms with Crippen LogP contribution in [0.2, 0.25) is 5.02 Å². The first-order valence-corrected chi connectivity index (χ1v) is 5.42. The molecule has 0 aliphatic rings. The molecule has 0 aliphatic heterocycles. The zero-order valence-corrected chi connectivity index (χ0v) is 9.69. The molecule has 2 N–H and O–H groups in total. The van der Waals surface area contributed by atoms with E-state index in [9.17, 15) is 5.11 Å². The molecule has 0 fully saturated rings. The third-order valence-corrected chi connectivity index (χ3v) is 2.48. The fourth-order valence-electron chi connectivity index (χ4n) is 1.38. The average molecular weight is 251 g/mol. The molecule has 0 unspecified atom stereocenters. The summed E-state index contributed by atoms with van der Waals surface area (Å²) in [6, 6.07) is 11.6. The zero-order valence-electron chi connectivity index (χ0n) is 8.93. The molecule has 0 radical (unpaired) electrons. The summed E-state index contributed by atoms with van der Waals surface area (Å²) >= 11 is 5.82. The van der Waals surface area contributed by atoms with Crippen molar-refractivity contribution in [3.05, 3.63) is 53.1 Å². The van der Waals surface area contributed by atoms with Gasteiger partial charge in [0.1, 0.15) is 12.4 Å². The van der Waals surface area contributed by atoms with Crippen LogP contribution in [-0.2, 0) is 6.61 Å². The van der Waals surface area contributed by atoms with Gasteiger partial charge in [0.05, 0.1) is 0 Å². The van der Waals surface area contributed by atoms with E-state index in [1.807, 2.05) is 0 Å². The molecule has 0 saturated carbocycles. The van der Waals surface area contributed by atoms with Crippen molar-refractivity contribution >= 4 is 11.6 Å². The van der Waals surface area contributed by atoms with E-state index in [1.54, 1.807) is 30.3 Å². The smallest absolute Gasteiger partial charge is 0.157 e. The van der Waals surface area contributed by atoms with Crippen LogP contribution in [0, 0.1) is 0 Å². The van der Waals surface area contributed by atoms with Crippen LogP contribution in [0.25, 0.3) is 0 Å². The van der Waals surface area contributed by atoms with E-state index in [4.69, 9.17) is 21.4 Å². The minimum Gasteiger partial charge on any atom is -0.504 e. The fraction of sp³-hybridized carbons (Fsp3) is 0.0769. The molecule has 2 rings (SSSR count). The van der Waals surface area contributed by atoms with Gasteiger partial charge < -0.3 is 14.9 Å². The molecule has 0 aromatic heterocycles. The molecule has 17 heavy (non-hydrogen) atoms. The van der Waals surface area contributed by atoms with Gasteiger partial charge in [-0.1, -0.05) is 23.7 Å². The SMILES string of the molecule is Oc1ccc(COc2cccc(Cl)c2)cc1O. The van der Waals surface area contributed by atoms with Crippen molar-refractivity contribution in [1.82, 2.24) is 0 Å². The summed E-state index contributed by atoms with van der Waals surface area (Å²) in [5.74, 6) is 0.360. The van der Waals surface area contributed by atoms with Crippen LogP contribution < -0.4 is 4.74 Å². The van der Waals surface area contributed by atoms with E-state index in [0.29, 0.717) is 17.4 Å². The van der Waals surface area contributed by atoms with Gasteiger partial charge in [0, 0.05) is 5.02 Å². The molecule has 0 bridgehead atoms. The summed E-state index contributed by atoms with van der Waals surface area (Å²) in [4.78, 5) is 0. The molecule has 88 valence electrons. The van der Waals surface area contributed by atoms with Crippen LogP contribution in [0.5, 0.6) is 17.2 Å². The number of phenols is 2. The van der Waals surface area contributed by atoms with E-state index >= 15 is 0 Å². The Morgan fingerprint density at radius 3 is 2.53 bits per heavy atom. The topological polar surface area (TPSA) is 49.7 Å². The highest BCUT2D eigenvalue weighted by Crippen LogP contribution is 2.25. The van der Waals surface area contributed by atoms with Gasteiger partial charge in [-0.25, -0.2) is 0 Å². The monoisotopic (exact) mass is 250 g/mol. The number of ether oxygens (including phenoxy) is 1. The fourth-order valence-corrected chi connectivity index (χ4v) is 1.56. The lowest BCUT2D eigenvalue weighted by molar-refractivity contribution is 0.305. The van der Waals surface area contributed by atoms with Crippen LogP contribution in [0.1, 0.15) is 5.56 Å². The molecule has 0 aliphatic carbocycles. The van der Waals surface area contributed by atoms with Crippen LogP contribution >= 0.6 is 11.6 Å². The van der Waals surface area contributed by atoms with Crippen LogP contribution in [-0.4, -0.2) is 10.2 Å². The van der Waals surface area contributed by atoms with Crippen molar-refractivity contribution in [2.45, 2.75) is 6.61 Å². The van der Waals surface area contributed by atoms with E-state index < -0.39 is 0 Å². The predicted molar refractivity (Wildman–Crippen MR) is 65.6 cm³/mol. The first-order chi connectivity index (χ1) is 8.15. The molecule has 0 atom stereocenters. The summed E-state index contributed by atoms with van der Waals surface area (Å²) in [7, 11) is 0. The second-order valence-electron chi connectivity index (χ2n) is 3.57. The lowest BCUT2D eigenvalue weighted by atomic mass is 10.2. The van der Waals surface area contributed by atoms with E-state index in [0.717, 1.165) is 5.56 Å². The maximum absolute atomic E-state index is 9.31. The lowest BCUT2D eigenvalue weighted by Crippen LogP contribution is -1.94. The molecule has 0 spiro atoms. The first kappa shape index (κ1) is 11.6. The summed E-state index contributed by atoms with van der Waals surface area (Å²) in [6.45, 7) is 0.300. The molecule has 2 aromatic rings. The minimum atomic E-state index is -0.155. The van der Waals surface area contributed by atoms with Crippen LogP contribution in [0.15, 0.2) is 42.5 Å². The Bertz CT molecular complexity index is 526. The van der Waals surface area contributed by atoms with Crippen molar-refractivity contribution in [3.8, 4) is 17.2 Å². The van der Waals surface area contributed by atoms with Crippen molar-refractivity contribution in [2.24, 2.45) is 0 Å². The van der Waals surface area contributed by atoms with Gasteiger partial charge in [0.15, 0.2) is 11.5 Å². The van der Waals surface area contributed by atoms with Gasteiger partial charge in [0.25, 0.3) is 0 Å². The van der Waals surface area contributed by atoms with E-state index in [1.165, 1.54) is 12.1 Å². The normalized spacial score (nSPS) is 10.2. The maximum atomic E-state index is 9.31. The van der Waals surface area contributed by atoms with Crippen LogP contribution in [0.4, 0.5) is 0 Å². The lowest BCUT2D eigenvalue weighted by Gasteiger charge is -2.07. The summed E-state index contributed by atoms with van der Waals surface area (Å²) < 4.78 is 5.49. The molecule has 0 saturated heterocycles. The highest BCUT2D eigenvalue weighted by atomic mass is 35.5. The van der Waals surface area contributed by atoms with E-state index in [2.05, 4.69) is 0 Å². The predicted octanol–water partition coefficient (Wildman–Crippen LogP) is 3.33. The zero-order chi connectivity index (χ0) is 12.3. The Hall–Kier alpha value is -1.87. The number of halogens is 1. The Morgan fingerprint density at radius 1 is 1.00 bits per heavy atom. The molecule has 3 nitrogen and oxygen atoms in total. The Kier molecular flexibility index (Phi) is 3.40. The molecular formula is C13H11ClO3. The van der Waals surface area contributed by atoms with Crippen molar-refractivity contribution in [2.75, 3.05) is 0 Å². The van der Waals surface area contributed by atoms with Gasteiger partial charge in [-0.15, -0.1) is 0 Å². The van der Waals surface area contributed by atoms with Gasteiger partial charge in [-0.2, -0.15) is 0 Å². The number of hydrogen-bond acceptors (Lipinski definition) is 3. The number of phenolic OH excluding ortho intramolecular Hbond substituents is 2. The Labute approximate surface area is 104 Å². The van der Waals surface area contributed by atoms with Gasteiger partial charge in [0.2, 0.25) is 0 Å². The quantitative estimate of drug-likeness (QED) is 0.822. The molecule has 0 heterocycles. The third-order valence-electron chi connectivity index (χ3n) is 2.24. The maximum Gasteiger partial charge on any atom is 0.157 e. The molecule has 4 heteroatoms.